The SMILES string of the molecule is CCCO[As](=O)[O-].[Ca+2]. The monoisotopic (exact) mass is 206 g/mol. The minimum Gasteiger partial charge on any atom is 2.00 e. The molecule has 0 aliphatic heterocycles. The van der Waals surface area contributed by atoms with Gasteiger partial charge in [0.1, 0.15) is 0 Å². The van der Waals surface area contributed by atoms with Crippen LogP contribution < -0.4 is 4.10 Å². The van der Waals surface area contributed by atoms with Crippen molar-refractivity contribution in [3.63, 3.8) is 0 Å². The van der Waals surface area contributed by atoms with E-state index in [1.165, 1.54) is 0 Å². The van der Waals surface area contributed by atoms with E-state index >= 15 is 0 Å². The maximum Gasteiger partial charge on any atom is 2.00 e. The van der Waals surface area contributed by atoms with Gasteiger partial charge in [0.05, 0.1) is 0 Å². The van der Waals surface area contributed by atoms with Crippen LogP contribution in [0.25, 0.3) is 0 Å². The van der Waals surface area contributed by atoms with Gasteiger partial charge >= 0.3 is 84.5 Å². The fraction of sp³-hybridized carbons (Fsp3) is 1.00. The topological polar surface area (TPSA) is 49.4 Å². The van der Waals surface area contributed by atoms with Gasteiger partial charge in [0.25, 0.3) is 0 Å². The Bertz CT molecular complexity index is 67.5. The second kappa shape index (κ2) is 8.54. The summed E-state index contributed by atoms with van der Waals surface area (Å²) in [5, 5.41) is 0. The van der Waals surface area contributed by atoms with Crippen molar-refractivity contribution in [1.82, 2.24) is 0 Å². The van der Waals surface area contributed by atoms with Crippen LogP contribution in [0.3, 0.4) is 0 Å². The summed E-state index contributed by atoms with van der Waals surface area (Å²) in [6.45, 7) is 2.20. The van der Waals surface area contributed by atoms with E-state index in [0.29, 0.717) is 6.61 Å². The molecule has 43 valence electrons. The smallest absolute Gasteiger partial charge is 2.00 e. The van der Waals surface area contributed by atoms with Crippen molar-refractivity contribution in [2.75, 3.05) is 6.61 Å². The molecule has 0 heterocycles. The van der Waals surface area contributed by atoms with Crippen molar-refractivity contribution >= 4 is 53.0 Å². The minimum atomic E-state index is -3.24. The van der Waals surface area contributed by atoms with Crippen LogP contribution in [0.2, 0.25) is 0 Å². The summed E-state index contributed by atoms with van der Waals surface area (Å²) in [4.78, 5) is 0. The Morgan fingerprint density at radius 1 is 1.75 bits per heavy atom. The third kappa shape index (κ3) is 10.5. The quantitative estimate of drug-likeness (QED) is 0.545. The molecule has 0 fully saturated rings. The number of rotatable bonds is 3. The third-order valence-electron chi connectivity index (χ3n) is 0.401. The van der Waals surface area contributed by atoms with Crippen LogP contribution in [0.1, 0.15) is 13.3 Å². The first-order valence-electron chi connectivity index (χ1n) is 2.04. The summed E-state index contributed by atoms with van der Waals surface area (Å²) in [6, 6.07) is 0. The van der Waals surface area contributed by atoms with Crippen LogP contribution in [-0.2, 0) is 7.47 Å². The molecule has 0 saturated carbocycles. The van der Waals surface area contributed by atoms with Crippen LogP contribution in [0.4, 0.5) is 0 Å². The molecule has 0 amide bonds. The molecule has 0 saturated heterocycles. The fourth-order valence-corrected chi connectivity index (χ4v) is 0.862. The first kappa shape index (κ1) is 12.2. The summed E-state index contributed by atoms with van der Waals surface area (Å²) in [7, 11) is 0. The van der Waals surface area contributed by atoms with Crippen molar-refractivity contribution in [3.05, 3.63) is 0 Å². The molecule has 0 aromatic heterocycles. The second-order valence-electron chi connectivity index (χ2n) is 1.06. The van der Waals surface area contributed by atoms with Gasteiger partial charge in [-0.1, -0.05) is 0 Å². The van der Waals surface area contributed by atoms with Gasteiger partial charge < -0.3 is 0 Å². The molecule has 1 atom stereocenters. The van der Waals surface area contributed by atoms with E-state index in [1.54, 1.807) is 0 Å². The van der Waals surface area contributed by atoms with Gasteiger partial charge in [-0.3, -0.25) is 0 Å². The average molecular weight is 206 g/mol. The van der Waals surface area contributed by atoms with E-state index in [4.69, 9.17) is 0 Å². The summed E-state index contributed by atoms with van der Waals surface area (Å²) in [6.07, 6.45) is 0.760. The molecule has 1 radical (unpaired) electrons. The molecule has 0 spiro atoms. The van der Waals surface area contributed by atoms with Crippen LogP contribution in [-0.4, -0.2) is 59.6 Å². The molecule has 5 heteroatoms. The molecule has 3 nitrogen and oxygen atoms in total. The molecule has 0 rings (SSSR count). The van der Waals surface area contributed by atoms with Gasteiger partial charge in [0.15, 0.2) is 0 Å². The molecule has 0 aromatic rings. The van der Waals surface area contributed by atoms with E-state index in [9.17, 15) is 7.84 Å². The summed E-state index contributed by atoms with van der Waals surface area (Å²) < 4.78 is 23.5. The maximum atomic E-state index is 9.65. The van der Waals surface area contributed by atoms with Gasteiger partial charge in [0, 0.05) is 0 Å². The average Bonchev–Trinajstić information content (AvgIpc) is 1.61. The molecule has 8 heavy (non-hydrogen) atoms. The summed E-state index contributed by atoms with van der Waals surface area (Å²) in [5.74, 6) is 0. The maximum absolute atomic E-state index is 9.65. The van der Waals surface area contributed by atoms with Crippen molar-refractivity contribution in [1.29, 1.82) is 0 Å². The normalized spacial score (nSPS) is 10.0. The largest absolute Gasteiger partial charge is 2.00 e. The Balaban J connectivity index is 0. The molecule has 0 aliphatic rings. The molecular formula is C3H7AsCaO3+. The molecule has 0 aliphatic carbocycles. The molecule has 0 N–H and O–H groups in total. The predicted octanol–water partition coefficient (Wildman–Crippen LogP) is -1.19. The van der Waals surface area contributed by atoms with E-state index in [-0.39, 0.29) is 37.7 Å². The predicted molar refractivity (Wildman–Crippen MR) is 28.4 cm³/mol. The molecule has 1 unspecified atom stereocenters. The molecular weight excluding hydrogens is 199 g/mol. The number of hydrogen-bond donors (Lipinski definition) is 0. The van der Waals surface area contributed by atoms with Crippen molar-refractivity contribution in [2.24, 2.45) is 0 Å². The van der Waals surface area contributed by atoms with Gasteiger partial charge in [0.2, 0.25) is 0 Å². The zero-order chi connectivity index (χ0) is 5.70. The standard InChI is InChI=1S/C3H7AsO3.Ca/c1-2-3-7-4(5)6;/h2-3H2,1H3;/q-1;+2. The van der Waals surface area contributed by atoms with E-state index in [0.717, 1.165) is 6.42 Å². The Morgan fingerprint density at radius 2 is 2.25 bits per heavy atom. The Morgan fingerprint density at radius 3 is 2.38 bits per heavy atom. The van der Waals surface area contributed by atoms with Crippen molar-refractivity contribution < 1.29 is 11.6 Å². The van der Waals surface area contributed by atoms with E-state index in [1.807, 2.05) is 6.92 Å². The Labute approximate surface area is 83.6 Å². The number of hydrogen-bond acceptors (Lipinski definition) is 3. The molecule has 0 bridgehead atoms. The first-order valence-corrected chi connectivity index (χ1v) is 4.34. The van der Waals surface area contributed by atoms with E-state index in [2.05, 4.69) is 3.73 Å². The minimum absolute atomic E-state index is 0. The van der Waals surface area contributed by atoms with Gasteiger partial charge in [-0.25, -0.2) is 0 Å². The third-order valence-corrected chi connectivity index (χ3v) is 1.23. The Hall–Kier alpha value is 1.54. The van der Waals surface area contributed by atoms with Crippen LogP contribution in [0.15, 0.2) is 0 Å². The van der Waals surface area contributed by atoms with Gasteiger partial charge in [-0.05, 0) is 0 Å². The van der Waals surface area contributed by atoms with Crippen molar-refractivity contribution in [2.45, 2.75) is 13.3 Å². The van der Waals surface area contributed by atoms with Gasteiger partial charge in [-0.15, -0.1) is 0 Å². The summed E-state index contributed by atoms with van der Waals surface area (Å²) >= 11 is -3.24. The Kier molecular flexibility index (Phi) is 13.1. The summed E-state index contributed by atoms with van der Waals surface area (Å²) in [5.41, 5.74) is 0. The fourth-order valence-electron chi connectivity index (χ4n) is 0.166. The van der Waals surface area contributed by atoms with Crippen LogP contribution in [0.5, 0.6) is 0 Å². The first-order chi connectivity index (χ1) is 3.27. The zero-order valence-electron chi connectivity index (χ0n) is 4.79. The zero-order valence-corrected chi connectivity index (χ0v) is 8.88. The second-order valence-corrected chi connectivity index (χ2v) is 2.54. The van der Waals surface area contributed by atoms with Crippen molar-refractivity contribution in [3.8, 4) is 0 Å². The van der Waals surface area contributed by atoms with Gasteiger partial charge in [-0.2, -0.15) is 0 Å². The molecule has 0 aromatic carbocycles. The van der Waals surface area contributed by atoms with Crippen LogP contribution >= 0.6 is 0 Å². The van der Waals surface area contributed by atoms with Crippen LogP contribution in [0, 0.1) is 0 Å². The van der Waals surface area contributed by atoms with E-state index < -0.39 is 15.3 Å².